The zero-order chi connectivity index (χ0) is 13.5. The summed E-state index contributed by atoms with van der Waals surface area (Å²) < 4.78 is 18.6. The molecule has 2 aliphatic rings. The van der Waals surface area contributed by atoms with E-state index in [-0.39, 0.29) is 0 Å². The molecule has 1 aliphatic carbocycles. The highest BCUT2D eigenvalue weighted by Gasteiger charge is 2.43. The third-order valence-electron chi connectivity index (χ3n) is 4.01. The Morgan fingerprint density at radius 1 is 1.16 bits per heavy atom. The van der Waals surface area contributed by atoms with Gasteiger partial charge >= 0.3 is 7.67 Å². The molecule has 104 valence electrons. The van der Waals surface area contributed by atoms with E-state index < -0.39 is 7.67 Å². The number of nitrogens with one attached hydrogen (secondary N) is 2. The van der Waals surface area contributed by atoms with Crippen LogP contribution in [0.3, 0.4) is 0 Å². The summed E-state index contributed by atoms with van der Waals surface area (Å²) in [5.41, 5.74) is 2.13. The van der Waals surface area contributed by atoms with Gasteiger partial charge in [-0.15, -0.1) is 0 Å². The molecule has 2 atom stereocenters. The van der Waals surface area contributed by atoms with E-state index in [1.807, 2.05) is 32.0 Å². The summed E-state index contributed by atoms with van der Waals surface area (Å²) in [7, 11) is -2.94. The summed E-state index contributed by atoms with van der Waals surface area (Å²) in [6.07, 6.45) is 4.58. The molecular formula is C14H21N2O2P. The predicted octanol–water partition coefficient (Wildman–Crippen LogP) is 3.29. The molecule has 2 fully saturated rings. The van der Waals surface area contributed by atoms with Crippen molar-refractivity contribution in [3.05, 3.63) is 29.3 Å². The lowest BCUT2D eigenvalue weighted by atomic mass is 9.92. The Bertz CT molecular complexity index is 514. The Labute approximate surface area is 114 Å². The number of benzene rings is 1. The minimum absolute atomic E-state index is 0.296. The van der Waals surface area contributed by atoms with E-state index >= 15 is 0 Å². The largest absolute Gasteiger partial charge is 0.422 e. The predicted molar refractivity (Wildman–Crippen MR) is 76.5 cm³/mol. The first-order chi connectivity index (χ1) is 9.06. The minimum Gasteiger partial charge on any atom is -0.422 e. The van der Waals surface area contributed by atoms with Gasteiger partial charge in [-0.2, -0.15) is 0 Å². The Balaban J connectivity index is 1.79. The van der Waals surface area contributed by atoms with E-state index in [1.165, 1.54) is 12.8 Å². The normalized spacial score (nSPS) is 34.0. The van der Waals surface area contributed by atoms with Crippen LogP contribution in [0.1, 0.15) is 36.8 Å². The fourth-order valence-electron chi connectivity index (χ4n) is 2.91. The van der Waals surface area contributed by atoms with Crippen molar-refractivity contribution in [1.82, 2.24) is 10.2 Å². The van der Waals surface area contributed by atoms with Crippen LogP contribution in [0.15, 0.2) is 18.2 Å². The van der Waals surface area contributed by atoms with E-state index in [4.69, 9.17) is 4.52 Å². The molecule has 1 aromatic rings. The van der Waals surface area contributed by atoms with E-state index in [1.54, 1.807) is 0 Å². The second-order valence-corrected chi connectivity index (χ2v) is 7.47. The average molecular weight is 280 g/mol. The zero-order valence-corrected chi connectivity index (χ0v) is 12.4. The molecule has 1 heterocycles. The van der Waals surface area contributed by atoms with Crippen molar-refractivity contribution >= 4 is 7.67 Å². The molecule has 1 aliphatic heterocycles. The van der Waals surface area contributed by atoms with Gasteiger partial charge in [-0.25, -0.2) is 14.7 Å². The van der Waals surface area contributed by atoms with Crippen molar-refractivity contribution in [3.8, 4) is 5.75 Å². The van der Waals surface area contributed by atoms with Crippen molar-refractivity contribution in [3.63, 3.8) is 0 Å². The van der Waals surface area contributed by atoms with Gasteiger partial charge in [-0.05, 0) is 43.9 Å². The van der Waals surface area contributed by atoms with Crippen LogP contribution >= 0.6 is 7.67 Å². The number of rotatable bonds is 2. The molecule has 0 spiro atoms. The van der Waals surface area contributed by atoms with Crippen LogP contribution in [0.25, 0.3) is 0 Å². The van der Waals surface area contributed by atoms with Crippen LogP contribution in [-0.4, -0.2) is 12.1 Å². The molecule has 2 N–H and O–H groups in total. The zero-order valence-electron chi connectivity index (χ0n) is 11.5. The molecule has 0 aromatic heterocycles. The quantitative estimate of drug-likeness (QED) is 0.816. The number of fused-ring (bicyclic) bond motifs is 1. The molecule has 0 radical (unpaired) electrons. The van der Waals surface area contributed by atoms with Gasteiger partial charge in [0.1, 0.15) is 5.75 Å². The lowest BCUT2D eigenvalue weighted by Gasteiger charge is -2.22. The van der Waals surface area contributed by atoms with Crippen molar-refractivity contribution in [2.75, 3.05) is 0 Å². The standard InChI is InChI=1S/C14H21N2O2P/c1-10-7-8-11(2)14(9-10)18-19(17)15-12-5-3-4-6-13(12)16-19/h7-9,12-13H,3-6H2,1-2H3,(H2,15,16,17). The molecular weight excluding hydrogens is 259 g/mol. The van der Waals surface area contributed by atoms with Crippen LogP contribution in [-0.2, 0) is 4.57 Å². The Morgan fingerprint density at radius 3 is 2.42 bits per heavy atom. The van der Waals surface area contributed by atoms with Crippen LogP contribution in [0.5, 0.6) is 5.75 Å². The molecule has 2 unspecified atom stereocenters. The van der Waals surface area contributed by atoms with Gasteiger partial charge in [0.05, 0.1) is 0 Å². The summed E-state index contributed by atoms with van der Waals surface area (Å²) in [4.78, 5) is 0. The maximum absolute atomic E-state index is 12.8. The van der Waals surface area contributed by atoms with Crippen molar-refractivity contribution < 1.29 is 9.09 Å². The molecule has 5 heteroatoms. The highest BCUT2D eigenvalue weighted by atomic mass is 31.2. The fourth-order valence-corrected chi connectivity index (χ4v) is 5.06. The topological polar surface area (TPSA) is 50.4 Å². The van der Waals surface area contributed by atoms with Crippen LogP contribution < -0.4 is 14.7 Å². The molecule has 3 rings (SSSR count). The Hall–Kier alpha value is -0.830. The average Bonchev–Trinajstić information content (AvgIpc) is 2.69. The van der Waals surface area contributed by atoms with Gasteiger partial charge in [0, 0.05) is 12.1 Å². The molecule has 0 bridgehead atoms. The first-order valence-corrected chi connectivity index (χ1v) is 8.61. The monoisotopic (exact) mass is 280 g/mol. The van der Waals surface area contributed by atoms with Crippen molar-refractivity contribution in [2.24, 2.45) is 0 Å². The van der Waals surface area contributed by atoms with Gasteiger partial charge in [0.25, 0.3) is 0 Å². The van der Waals surface area contributed by atoms with Crippen LogP contribution in [0.4, 0.5) is 0 Å². The first kappa shape index (κ1) is 13.2. The van der Waals surface area contributed by atoms with Crippen molar-refractivity contribution in [2.45, 2.75) is 51.6 Å². The van der Waals surface area contributed by atoms with E-state index in [0.29, 0.717) is 17.8 Å². The van der Waals surface area contributed by atoms with E-state index in [9.17, 15) is 4.57 Å². The lowest BCUT2D eigenvalue weighted by molar-refractivity contribution is 0.374. The van der Waals surface area contributed by atoms with Gasteiger partial charge in [-0.1, -0.05) is 25.0 Å². The van der Waals surface area contributed by atoms with Gasteiger partial charge in [0.15, 0.2) is 0 Å². The summed E-state index contributed by atoms with van der Waals surface area (Å²) in [5, 5.41) is 6.37. The third-order valence-corrected chi connectivity index (χ3v) is 5.81. The van der Waals surface area contributed by atoms with Crippen LogP contribution in [0.2, 0.25) is 0 Å². The Kier molecular flexibility index (Phi) is 3.42. The molecule has 1 saturated heterocycles. The fraction of sp³-hybridized carbons (Fsp3) is 0.571. The highest BCUT2D eigenvalue weighted by molar-refractivity contribution is 7.55. The van der Waals surface area contributed by atoms with Gasteiger partial charge in [-0.3, -0.25) is 0 Å². The number of aryl methyl sites for hydroxylation is 2. The summed E-state index contributed by atoms with van der Waals surface area (Å²) in [6, 6.07) is 6.57. The first-order valence-electron chi connectivity index (χ1n) is 6.98. The minimum atomic E-state index is -2.94. The van der Waals surface area contributed by atoms with E-state index in [2.05, 4.69) is 10.2 Å². The second-order valence-electron chi connectivity index (χ2n) is 5.67. The maximum atomic E-state index is 12.8. The third kappa shape index (κ3) is 2.71. The number of hydrogen-bond donors (Lipinski definition) is 2. The molecule has 19 heavy (non-hydrogen) atoms. The molecule has 1 aromatic carbocycles. The van der Waals surface area contributed by atoms with Crippen molar-refractivity contribution in [1.29, 1.82) is 0 Å². The SMILES string of the molecule is Cc1ccc(C)c(OP2(=O)NC3CCCCC3N2)c1. The smallest absolute Gasteiger partial charge is 0.391 e. The highest BCUT2D eigenvalue weighted by Crippen LogP contribution is 2.47. The molecule has 4 nitrogen and oxygen atoms in total. The summed E-state index contributed by atoms with van der Waals surface area (Å²) in [5.74, 6) is 0.710. The lowest BCUT2D eigenvalue weighted by Crippen LogP contribution is -2.36. The summed E-state index contributed by atoms with van der Waals surface area (Å²) in [6.45, 7) is 3.99. The van der Waals surface area contributed by atoms with Gasteiger partial charge < -0.3 is 4.52 Å². The molecule has 1 saturated carbocycles. The Morgan fingerprint density at radius 2 is 1.79 bits per heavy atom. The number of hydrogen-bond acceptors (Lipinski definition) is 2. The second kappa shape index (κ2) is 4.93. The van der Waals surface area contributed by atoms with Crippen LogP contribution in [0, 0.1) is 13.8 Å². The van der Waals surface area contributed by atoms with E-state index in [0.717, 1.165) is 24.0 Å². The maximum Gasteiger partial charge on any atom is 0.391 e. The van der Waals surface area contributed by atoms with Gasteiger partial charge in [0.2, 0.25) is 0 Å². The summed E-state index contributed by atoms with van der Waals surface area (Å²) >= 11 is 0. The molecule has 0 amide bonds.